The predicted molar refractivity (Wildman–Crippen MR) is 85.8 cm³/mol. The molecule has 2 aromatic rings. The van der Waals surface area contributed by atoms with Crippen molar-refractivity contribution in [2.45, 2.75) is 19.9 Å². The summed E-state index contributed by atoms with van der Waals surface area (Å²) in [4.78, 5) is 12.3. The van der Waals surface area contributed by atoms with E-state index in [-0.39, 0.29) is 34.3 Å². The van der Waals surface area contributed by atoms with Gasteiger partial charge in [-0.05, 0) is 36.8 Å². The lowest BCUT2D eigenvalue weighted by Crippen LogP contribution is -2.41. The molecular weight excluding hydrogens is 342 g/mol. The van der Waals surface area contributed by atoms with E-state index in [0.29, 0.717) is 10.6 Å². The molecule has 0 saturated heterocycles. The lowest BCUT2D eigenvalue weighted by atomic mass is 10.1. The van der Waals surface area contributed by atoms with Gasteiger partial charge in [-0.25, -0.2) is 0 Å². The van der Waals surface area contributed by atoms with Crippen LogP contribution in [-0.4, -0.2) is 11.3 Å². The van der Waals surface area contributed by atoms with Gasteiger partial charge in [0.05, 0.1) is 0 Å². The predicted octanol–water partition coefficient (Wildman–Crippen LogP) is 3.13. The summed E-state index contributed by atoms with van der Waals surface area (Å²) in [5.41, 5.74) is 1.86. The van der Waals surface area contributed by atoms with E-state index in [4.69, 9.17) is 11.6 Å². The first kappa shape index (κ1) is 18.8. The number of rotatable bonds is 3. The van der Waals surface area contributed by atoms with Crippen LogP contribution in [0.15, 0.2) is 48.8 Å². The van der Waals surface area contributed by atoms with E-state index in [9.17, 15) is 4.79 Å². The highest BCUT2D eigenvalue weighted by molar-refractivity contribution is 8.93. The standard InChI is InChI=1S/C15H15ClNO.BrH.H2O/c1-11-7-9-17(10-8-11)12(2)15(18)13-3-5-14(16)6-4-13;;/h3-10,12H,1-2H3;1H;1H2/q+1;;. The first-order valence-electron chi connectivity index (χ1n) is 5.85. The minimum atomic E-state index is -0.216. The number of halogens is 2. The van der Waals surface area contributed by atoms with Crippen LogP contribution in [0.3, 0.4) is 0 Å². The highest BCUT2D eigenvalue weighted by Gasteiger charge is 2.22. The maximum Gasteiger partial charge on any atom is 0.230 e. The number of pyridine rings is 1. The molecule has 0 aliphatic heterocycles. The van der Waals surface area contributed by atoms with Crippen LogP contribution < -0.4 is 4.57 Å². The fourth-order valence-corrected chi connectivity index (χ4v) is 1.89. The van der Waals surface area contributed by atoms with E-state index in [1.54, 1.807) is 24.3 Å². The highest BCUT2D eigenvalue weighted by Crippen LogP contribution is 2.13. The molecule has 0 radical (unpaired) electrons. The molecule has 0 aliphatic carbocycles. The third-order valence-electron chi connectivity index (χ3n) is 2.97. The van der Waals surface area contributed by atoms with Gasteiger partial charge in [0.1, 0.15) is 0 Å². The van der Waals surface area contributed by atoms with Gasteiger partial charge in [0.2, 0.25) is 11.8 Å². The van der Waals surface area contributed by atoms with Crippen molar-refractivity contribution in [1.82, 2.24) is 0 Å². The molecule has 108 valence electrons. The zero-order valence-electron chi connectivity index (χ0n) is 11.3. The van der Waals surface area contributed by atoms with Crippen LogP contribution >= 0.6 is 28.6 Å². The van der Waals surface area contributed by atoms with Crippen molar-refractivity contribution in [3.63, 3.8) is 0 Å². The number of benzene rings is 1. The van der Waals surface area contributed by atoms with Crippen LogP contribution in [0.4, 0.5) is 0 Å². The van der Waals surface area contributed by atoms with Crippen LogP contribution in [0.2, 0.25) is 5.02 Å². The Morgan fingerprint density at radius 3 is 2.10 bits per heavy atom. The lowest BCUT2D eigenvalue weighted by Gasteiger charge is -2.06. The molecule has 0 fully saturated rings. The smallest absolute Gasteiger partial charge is 0.230 e. The number of Topliss-reactive ketones (excluding diaryl/α,β-unsaturated/α-hetero) is 1. The third-order valence-corrected chi connectivity index (χ3v) is 3.23. The van der Waals surface area contributed by atoms with E-state index in [1.807, 2.05) is 42.9 Å². The number of aryl methyl sites for hydroxylation is 1. The second kappa shape index (κ2) is 8.15. The number of ketones is 1. The molecule has 2 rings (SSSR count). The first-order chi connectivity index (χ1) is 8.58. The van der Waals surface area contributed by atoms with Crippen molar-refractivity contribution in [1.29, 1.82) is 0 Å². The average Bonchev–Trinajstić information content (AvgIpc) is 2.39. The van der Waals surface area contributed by atoms with Crippen LogP contribution in [0.25, 0.3) is 0 Å². The number of hydrogen-bond acceptors (Lipinski definition) is 1. The summed E-state index contributed by atoms with van der Waals surface area (Å²) in [5, 5.41) is 0.641. The molecule has 1 aromatic carbocycles. The summed E-state index contributed by atoms with van der Waals surface area (Å²) in [6.45, 7) is 3.92. The maximum atomic E-state index is 12.3. The quantitative estimate of drug-likeness (QED) is 0.613. The Morgan fingerprint density at radius 1 is 1.10 bits per heavy atom. The molecule has 1 aromatic heterocycles. The van der Waals surface area contributed by atoms with Gasteiger partial charge in [-0.3, -0.25) is 4.79 Å². The topological polar surface area (TPSA) is 52.5 Å². The number of hydrogen-bond donors (Lipinski definition) is 0. The van der Waals surface area contributed by atoms with Gasteiger partial charge in [-0.1, -0.05) is 11.6 Å². The lowest BCUT2D eigenvalue weighted by molar-refractivity contribution is -0.704. The summed E-state index contributed by atoms with van der Waals surface area (Å²) < 4.78 is 1.91. The van der Waals surface area contributed by atoms with E-state index >= 15 is 0 Å². The van der Waals surface area contributed by atoms with Crippen molar-refractivity contribution < 1.29 is 14.8 Å². The van der Waals surface area contributed by atoms with Gasteiger partial charge in [0.15, 0.2) is 12.4 Å². The molecule has 0 saturated carbocycles. The number of nitrogens with zero attached hydrogens (tertiary/aromatic N) is 1. The van der Waals surface area contributed by atoms with Crippen molar-refractivity contribution in [3.8, 4) is 0 Å². The molecule has 0 amide bonds. The Bertz CT molecular complexity index is 555. The van der Waals surface area contributed by atoms with Gasteiger partial charge in [0.25, 0.3) is 0 Å². The Morgan fingerprint density at radius 2 is 1.60 bits per heavy atom. The molecule has 1 atom stereocenters. The first-order valence-corrected chi connectivity index (χ1v) is 6.23. The van der Waals surface area contributed by atoms with Gasteiger partial charge < -0.3 is 5.48 Å². The van der Waals surface area contributed by atoms with Crippen LogP contribution in [-0.2, 0) is 0 Å². The van der Waals surface area contributed by atoms with E-state index < -0.39 is 0 Å². The molecule has 2 N–H and O–H groups in total. The second-order valence-electron chi connectivity index (χ2n) is 4.37. The summed E-state index contributed by atoms with van der Waals surface area (Å²) in [6, 6.07) is 10.8. The zero-order chi connectivity index (χ0) is 13.1. The van der Waals surface area contributed by atoms with Crippen molar-refractivity contribution in [3.05, 3.63) is 64.9 Å². The van der Waals surface area contributed by atoms with Crippen molar-refractivity contribution in [2.24, 2.45) is 0 Å². The molecule has 0 bridgehead atoms. The molecular formula is C15H18BrClNO2+. The third kappa shape index (κ3) is 4.40. The molecule has 0 aliphatic rings. The normalized spacial score (nSPS) is 10.9. The monoisotopic (exact) mass is 358 g/mol. The Balaban J connectivity index is 0.00000180. The van der Waals surface area contributed by atoms with E-state index in [0.717, 1.165) is 0 Å². The molecule has 5 heteroatoms. The van der Waals surface area contributed by atoms with Gasteiger partial charge in [0, 0.05) is 29.6 Å². The number of carbonyl (C=O) groups excluding carboxylic acids is 1. The number of carbonyl (C=O) groups is 1. The largest absolute Gasteiger partial charge is 0.412 e. The second-order valence-corrected chi connectivity index (χ2v) is 4.81. The minimum Gasteiger partial charge on any atom is -0.412 e. The molecule has 0 spiro atoms. The Kier molecular flexibility index (Phi) is 7.64. The van der Waals surface area contributed by atoms with Gasteiger partial charge in [-0.15, -0.1) is 17.0 Å². The summed E-state index contributed by atoms with van der Waals surface area (Å²) in [6.07, 6.45) is 3.85. The highest BCUT2D eigenvalue weighted by atomic mass is 79.9. The molecule has 1 unspecified atom stereocenters. The Hall–Kier alpha value is -1.23. The summed E-state index contributed by atoms with van der Waals surface area (Å²) in [5.74, 6) is 0.0838. The van der Waals surface area contributed by atoms with Gasteiger partial charge in [-0.2, -0.15) is 4.57 Å². The van der Waals surface area contributed by atoms with Crippen LogP contribution in [0.1, 0.15) is 28.9 Å². The van der Waals surface area contributed by atoms with Crippen LogP contribution in [0.5, 0.6) is 0 Å². The maximum absolute atomic E-state index is 12.3. The molecule has 20 heavy (non-hydrogen) atoms. The fourth-order valence-electron chi connectivity index (χ4n) is 1.76. The Labute approximate surface area is 134 Å². The van der Waals surface area contributed by atoms with Crippen molar-refractivity contribution >= 4 is 34.4 Å². The zero-order valence-corrected chi connectivity index (χ0v) is 13.8. The van der Waals surface area contributed by atoms with Gasteiger partial charge >= 0.3 is 0 Å². The summed E-state index contributed by atoms with van der Waals surface area (Å²) >= 11 is 5.81. The number of aromatic nitrogens is 1. The fraction of sp³-hybridized carbons (Fsp3) is 0.200. The molecule has 1 heterocycles. The average molecular weight is 360 g/mol. The SMILES string of the molecule is Br.Cc1cc[n+](C(C)C(=O)c2ccc(Cl)cc2)cc1.O. The van der Waals surface area contributed by atoms with Crippen LogP contribution in [0, 0.1) is 6.92 Å². The summed E-state index contributed by atoms with van der Waals surface area (Å²) in [7, 11) is 0. The van der Waals surface area contributed by atoms with Crippen molar-refractivity contribution in [2.75, 3.05) is 0 Å². The minimum absolute atomic E-state index is 0. The molecule has 3 nitrogen and oxygen atoms in total. The van der Waals surface area contributed by atoms with E-state index in [2.05, 4.69) is 0 Å². The van der Waals surface area contributed by atoms with E-state index in [1.165, 1.54) is 5.56 Å².